The topological polar surface area (TPSA) is 89.7 Å². The van der Waals surface area contributed by atoms with Gasteiger partial charge >= 0.3 is 0 Å². The first kappa shape index (κ1) is 38.8. The van der Waals surface area contributed by atoms with Gasteiger partial charge in [0.05, 0.1) is 31.1 Å². The lowest BCUT2D eigenvalue weighted by molar-refractivity contribution is -0.929. The van der Waals surface area contributed by atoms with Gasteiger partial charge in [0.2, 0.25) is 0 Å². The smallest absolute Gasteiger partial charge is 0.269 e. The van der Waals surface area contributed by atoms with Gasteiger partial charge in [-0.25, -0.2) is 0 Å². The van der Waals surface area contributed by atoms with E-state index in [0.29, 0.717) is 0 Å². The third-order valence-corrected chi connectivity index (χ3v) is 10.0. The first-order chi connectivity index (χ1) is 23.0. The van der Waals surface area contributed by atoms with Crippen molar-refractivity contribution in [1.29, 1.82) is 0 Å². The van der Waals surface area contributed by atoms with Gasteiger partial charge in [-0.3, -0.25) is 10.1 Å². The van der Waals surface area contributed by atoms with Gasteiger partial charge in [-0.15, -0.1) is 5.75 Å². The van der Waals surface area contributed by atoms with Crippen molar-refractivity contribution in [2.75, 3.05) is 31.1 Å². The number of benzene rings is 3. The molecule has 0 fully saturated rings. The summed E-state index contributed by atoms with van der Waals surface area (Å²) in [7, 11) is 0. The van der Waals surface area contributed by atoms with E-state index in [1.54, 1.807) is 11.0 Å². The molecule has 0 bridgehead atoms. The van der Waals surface area contributed by atoms with Crippen LogP contribution in [0.15, 0.2) is 78.9 Å². The first-order valence-electron chi connectivity index (χ1n) is 18.1. The van der Waals surface area contributed by atoms with E-state index in [2.05, 4.69) is 27.7 Å². The zero-order valence-electron chi connectivity index (χ0n) is 30.3. The summed E-state index contributed by atoms with van der Waals surface area (Å²) in [5.74, 6) is -0.304. The molecule has 3 aromatic carbocycles. The van der Waals surface area contributed by atoms with Crippen LogP contribution < -0.4 is 10.0 Å². The Kier molecular flexibility index (Phi) is 14.7. The maximum atomic E-state index is 12.5. The molecule has 0 amide bonds. The summed E-state index contributed by atoms with van der Waals surface area (Å²) >= 11 is 0. The number of quaternary nitrogens is 1. The van der Waals surface area contributed by atoms with Crippen molar-refractivity contribution in [1.82, 2.24) is 0 Å². The molecule has 1 unspecified atom stereocenters. The number of non-ortho nitro benzene ring substituents is 1. The molecule has 7 nitrogen and oxygen atoms in total. The maximum Gasteiger partial charge on any atom is 0.269 e. The Hall–Kier alpha value is -3.68. The SMILES string of the molecule is CC1(C)c2ccccc2N(Cc2cc([N+](=O)[O-])ccc2[O-])C1(O)/C=C/c1ccccc1.CCCC[N+](CCCC)(CCCC)CCCC. The molecule has 0 aliphatic carbocycles. The third kappa shape index (κ3) is 9.48. The van der Waals surface area contributed by atoms with E-state index in [1.807, 2.05) is 74.5 Å². The number of nitrogens with zero attached hydrogens (tertiary/aromatic N) is 3. The van der Waals surface area contributed by atoms with Crippen LogP contribution in [-0.4, -0.2) is 46.4 Å². The van der Waals surface area contributed by atoms with Crippen molar-refractivity contribution in [3.05, 3.63) is 106 Å². The molecule has 1 N–H and O–H groups in total. The highest BCUT2D eigenvalue weighted by Gasteiger charge is 2.54. The van der Waals surface area contributed by atoms with Crippen molar-refractivity contribution in [2.45, 2.75) is 111 Å². The average Bonchev–Trinajstić information content (AvgIpc) is 3.26. The molecule has 1 aliphatic heterocycles. The Bertz CT molecular complexity index is 1420. The molecule has 1 atom stereocenters. The Balaban J connectivity index is 0.000000315. The van der Waals surface area contributed by atoms with Crippen molar-refractivity contribution in [3.63, 3.8) is 0 Å². The molecule has 0 radical (unpaired) electrons. The van der Waals surface area contributed by atoms with Gasteiger partial charge in [-0.1, -0.05) is 128 Å². The summed E-state index contributed by atoms with van der Waals surface area (Å²) < 4.78 is 1.42. The number of nitro benzene ring substituents is 1. The number of hydrogen-bond donors (Lipinski definition) is 1. The molecule has 4 rings (SSSR count). The fraction of sp³-hybridized carbons (Fsp3) is 0.512. The van der Waals surface area contributed by atoms with Crippen LogP contribution in [0.1, 0.15) is 110 Å². The minimum atomic E-state index is -1.45. The Morgan fingerprint density at radius 3 is 1.83 bits per heavy atom. The maximum absolute atomic E-state index is 12.5. The number of rotatable bonds is 17. The number of fused-ring (bicyclic) bond motifs is 1. The molecule has 0 aromatic heterocycles. The van der Waals surface area contributed by atoms with Crippen LogP contribution in [0.2, 0.25) is 0 Å². The second-order valence-electron chi connectivity index (χ2n) is 13.9. The number of para-hydroxylation sites is 1. The Morgan fingerprint density at radius 1 is 0.792 bits per heavy atom. The molecule has 1 aliphatic rings. The van der Waals surface area contributed by atoms with Gasteiger partial charge in [-0.2, -0.15) is 0 Å². The highest BCUT2D eigenvalue weighted by Crippen LogP contribution is 2.52. The van der Waals surface area contributed by atoms with Crippen LogP contribution in [0.25, 0.3) is 6.08 Å². The van der Waals surface area contributed by atoms with Crippen molar-refractivity contribution in [3.8, 4) is 5.75 Å². The van der Waals surface area contributed by atoms with Crippen LogP contribution in [0.3, 0.4) is 0 Å². The average molecular weight is 658 g/mol. The quantitative estimate of drug-likeness (QED) is 0.0888. The molecule has 0 saturated heterocycles. The minimum Gasteiger partial charge on any atom is -0.872 e. The molecular weight excluding hydrogens is 598 g/mol. The molecule has 48 heavy (non-hydrogen) atoms. The molecule has 1 heterocycles. The highest BCUT2D eigenvalue weighted by molar-refractivity contribution is 5.69. The molecule has 262 valence electrons. The van der Waals surface area contributed by atoms with Crippen molar-refractivity contribution in [2.24, 2.45) is 0 Å². The number of unbranched alkanes of at least 4 members (excludes halogenated alkanes) is 4. The third-order valence-electron chi connectivity index (χ3n) is 10.0. The zero-order valence-corrected chi connectivity index (χ0v) is 30.3. The molecule has 0 spiro atoms. The van der Waals surface area contributed by atoms with Gasteiger partial charge in [0, 0.05) is 29.8 Å². The van der Waals surface area contributed by atoms with E-state index in [1.165, 1.54) is 100 Å². The fourth-order valence-corrected chi connectivity index (χ4v) is 6.86. The largest absolute Gasteiger partial charge is 0.872 e. The summed E-state index contributed by atoms with van der Waals surface area (Å²) in [5, 5.41) is 35.7. The molecule has 7 heteroatoms. The van der Waals surface area contributed by atoms with Gasteiger partial charge < -0.3 is 19.6 Å². The van der Waals surface area contributed by atoms with E-state index in [0.717, 1.165) is 16.8 Å². The van der Waals surface area contributed by atoms with Crippen molar-refractivity contribution < 1.29 is 19.6 Å². The minimum absolute atomic E-state index is 0.0383. The lowest BCUT2D eigenvalue weighted by atomic mass is 9.77. The predicted octanol–water partition coefficient (Wildman–Crippen LogP) is 9.37. The van der Waals surface area contributed by atoms with Crippen LogP contribution in [0.4, 0.5) is 11.4 Å². The van der Waals surface area contributed by atoms with E-state index < -0.39 is 16.1 Å². The van der Waals surface area contributed by atoms with Crippen LogP contribution in [0.5, 0.6) is 5.75 Å². The Labute approximate surface area is 289 Å². The molecule has 0 saturated carbocycles. The van der Waals surface area contributed by atoms with E-state index in [4.69, 9.17) is 0 Å². The summed E-state index contributed by atoms with van der Waals surface area (Å²) in [6.07, 6.45) is 14.7. The first-order valence-corrected chi connectivity index (χ1v) is 18.1. The zero-order chi connectivity index (χ0) is 35.2. The number of anilines is 1. The molecule has 3 aromatic rings. The van der Waals surface area contributed by atoms with Crippen LogP contribution >= 0.6 is 0 Å². The van der Waals surface area contributed by atoms with Gasteiger partial charge in [-0.05, 0) is 54.5 Å². The van der Waals surface area contributed by atoms with Gasteiger partial charge in [0.25, 0.3) is 5.69 Å². The lowest BCUT2D eigenvalue weighted by Crippen LogP contribution is -2.54. The van der Waals surface area contributed by atoms with E-state index in [-0.39, 0.29) is 23.5 Å². The van der Waals surface area contributed by atoms with Crippen LogP contribution in [0, 0.1) is 10.1 Å². The number of aliphatic hydroxyl groups is 1. The van der Waals surface area contributed by atoms with Gasteiger partial charge in [0.1, 0.15) is 0 Å². The summed E-state index contributed by atoms with van der Waals surface area (Å²) in [6, 6.07) is 21.0. The summed E-state index contributed by atoms with van der Waals surface area (Å²) in [5.41, 5.74) is 0.620. The van der Waals surface area contributed by atoms with E-state index >= 15 is 0 Å². The highest BCUT2D eigenvalue weighted by atomic mass is 16.6. The second kappa shape index (κ2) is 18.2. The molecular formula is C41H59N3O4. The fourth-order valence-electron chi connectivity index (χ4n) is 6.86. The number of hydrogen-bond acceptors (Lipinski definition) is 5. The van der Waals surface area contributed by atoms with Crippen LogP contribution in [-0.2, 0) is 12.0 Å². The summed E-state index contributed by atoms with van der Waals surface area (Å²) in [4.78, 5) is 12.4. The predicted molar refractivity (Wildman–Crippen MR) is 198 cm³/mol. The van der Waals surface area contributed by atoms with Crippen molar-refractivity contribution >= 4 is 17.5 Å². The van der Waals surface area contributed by atoms with E-state index in [9.17, 15) is 20.3 Å². The monoisotopic (exact) mass is 657 g/mol. The standard InChI is InChI=1S/C25H24N2O4.C16H36N/c1-24(2)21-10-6-7-11-22(21)26(17-19-16-20(27(30)31)12-13-23(19)28)25(24,29)15-14-18-8-4-3-5-9-18;1-5-9-13-17(14-10-6-2,15-11-7-3)16-12-8-4/h3-16,28-29H,17H2,1-2H3;5-16H2,1-4H3/q;+1/p-1/b15-14+;. The Morgan fingerprint density at radius 2 is 1.31 bits per heavy atom. The lowest BCUT2D eigenvalue weighted by Gasteiger charge is -2.42. The summed E-state index contributed by atoms with van der Waals surface area (Å²) in [6.45, 7) is 19.0. The normalized spacial score (nSPS) is 16.9. The second-order valence-corrected chi connectivity index (χ2v) is 13.9. The van der Waals surface area contributed by atoms with Gasteiger partial charge in [0.15, 0.2) is 5.72 Å². The number of nitro groups is 1.